The minimum atomic E-state index is -0.212. The van der Waals surface area contributed by atoms with E-state index in [1.54, 1.807) is 0 Å². The van der Waals surface area contributed by atoms with Gasteiger partial charge in [-0.1, -0.05) is 13.3 Å². The van der Waals surface area contributed by atoms with E-state index in [0.29, 0.717) is 5.91 Å². The summed E-state index contributed by atoms with van der Waals surface area (Å²) in [6.45, 7) is 5.06. The molecule has 2 heterocycles. The molecule has 0 aliphatic carbocycles. The summed E-state index contributed by atoms with van der Waals surface area (Å²) in [7, 11) is 0. The number of nitrogens with one attached hydrogen (secondary N) is 1. The van der Waals surface area contributed by atoms with Crippen molar-refractivity contribution in [1.82, 2.24) is 10.2 Å². The van der Waals surface area contributed by atoms with Crippen LogP contribution in [0.15, 0.2) is 0 Å². The Morgan fingerprint density at radius 1 is 1.44 bits per heavy atom. The molecule has 0 spiro atoms. The van der Waals surface area contributed by atoms with Crippen LogP contribution in [0.25, 0.3) is 0 Å². The highest BCUT2D eigenvalue weighted by atomic mass is 32.2. The number of rotatable bonds is 3. The van der Waals surface area contributed by atoms with Crippen molar-refractivity contribution in [3.8, 4) is 0 Å². The Hall–Kier alpha value is -0.220. The third kappa shape index (κ3) is 2.38. The molecule has 0 radical (unpaired) electrons. The minimum absolute atomic E-state index is 0.212. The Morgan fingerprint density at radius 2 is 2.19 bits per heavy atom. The summed E-state index contributed by atoms with van der Waals surface area (Å²) in [5.41, 5.74) is -0.212. The fourth-order valence-electron chi connectivity index (χ4n) is 2.80. The van der Waals surface area contributed by atoms with Gasteiger partial charge in [-0.2, -0.15) is 11.8 Å². The average Bonchev–Trinajstić information content (AvgIpc) is 2.80. The normalized spacial score (nSPS) is 30.7. The topological polar surface area (TPSA) is 32.3 Å². The van der Waals surface area contributed by atoms with E-state index < -0.39 is 0 Å². The first-order valence-electron chi connectivity index (χ1n) is 6.41. The molecule has 1 atom stereocenters. The summed E-state index contributed by atoms with van der Waals surface area (Å²) in [6.07, 6.45) is 4.26. The lowest BCUT2D eigenvalue weighted by Crippen LogP contribution is -2.56. The Kier molecular flexibility index (Phi) is 4.14. The number of nitrogens with zero attached hydrogens (tertiary/aromatic N) is 1. The molecule has 1 N–H and O–H groups in total. The van der Waals surface area contributed by atoms with Gasteiger partial charge in [0.25, 0.3) is 0 Å². The fourth-order valence-corrected chi connectivity index (χ4v) is 3.71. The van der Waals surface area contributed by atoms with E-state index in [-0.39, 0.29) is 5.54 Å². The highest BCUT2D eigenvalue weighted by molar-refractivity contribution is 7.99. The first kappa shape index (κ1) is 12.2. The summed E-state index contributed by atoms with van der Waals surface area (Å²) in [5.74, 6) is 2.58. The second-order valence-corrected chi connectivity index (χ2v) is 5.99. The number of carbonyl (C=O) groups is 1. The zero-order valence-electron chi connectivity index (χ0n) is 10.1. The molecular formula is C12H22N2OS. The quantitative estimate of drug-likeness (QED) is 0.814. The van der Waals surface area contributed by atoms with Crippen LogP contribution in [0, 0.1) is 0 Å². The zero-order chi connectivity index (χ0) is 11.4. The van der Waals surface area contributed by atoms with Crippen LogP contribution in [0.5, 0.6) is 0 Å². The van der Waals surface area contributed by atoms with Gasteiger partial charge in [0.2, 0.25) is 5.91 Å². The molecule has 16 heavy (non-hydrogen) atoms. The molecule has 1 unspecified atom stereocenters. The van der Waals surface area contributed by atoms with Crippen molar-refractivity contribution in [3.05, 3.63) is 0 Å². The van der Waals surface area contributed by atoms with E-state index >= 15 is 0 Å². The Balaban J connectivity index is 2.04. The predicted octanol–water partition coefficient (Wildman–Crippen LogP) is 1.48. The van der Waals surface area contributed by atoms with Crippen LogP contribution >= 0.6 is 11.8 Å². The van der Waals surface area contributed by atoms with Crippen LogP contribution in [-0.4, -0.2) is 47.5 Å². The molecule has 4 heteroatoms. The van der Waals surface area contributed by atoms with Crippen molar-refractivity contribution >= 4 is 17.7 Å². The van der Waals surface area contributed by atoms with Gasteiger partial charge in [-0.25, -0.2) is 0 Å². The zero-order valence-corrected chi connectivity index (χ0v) is 10.9. The van der Waals surface area contributed by atoms with Crippen LogP contribution in [-0.2, 0) is 4.79 Å². The molecular weight excluding hydrogens is 220 g/mol. The van der Waals surface area contributed by atoms with Gasteiger partial charge in [0.05, 0.1) is 5.54 Å². The number of thioether (sulfide) groups is 1. The average molecular weight is 242 g/mol. The van der Waals surface area contributed by atoms with E-state index in [4.69, 9.17) is 0 Å². The third-order valence-electron chi connectivity index (χ3n) is 3.63. The van der Waals surface area contributed by atoms with Crippen LogP contribution < -0.4 is 5.32 Å². The summed E-state index contributed by atoms with van der Waals surface area (Å²) >= 11 is 1.96. The monoisotopic (exact) mass is 242 g/mol. The highest BCUT2D eigenvalue weighted by Crippen LogP contribution is 2.28. The molecule has 2 saturated heterocycles. The maximum Gasteiger partial charge on any atom is 0.242 e. The van der Waals surface area contributed by atoms with Gasteiger partial charge in [-0.05, 0) is 25.8 Å². The second kappa shape index (κ2) is 5.41. The van der Waals surface area contributed by atoms with Crippen molar-refractivity contribution < 1.29 is 4.79 Å². The standard InChI is InChI=1S/C12H22N2OS/c1-2-4-12(5-3-6-13-12)11(15)14-7-9-16-10-8-14/h13H,2-10H2,1H3. The van der Waals surface area contributed by atoms with E-state index in [9.17, 15) is 4.79 Å². The van der Waals surface area contributed by atoms with Crippen LogP contribution in [0.4, 0.5) is 0 Å². The van der Waals surface area contributed by atoms with Crippen molar-refractivity contribution in [2.45, 2.75) is 38.1 Å². The van der Waals surface area contributed by atoms with Crippen molar-refractivity contribution in [2.24, 2.45) is 0 Å². The number of hydrogen-bond donors (Lipinski definition) is 1. The molecule has 0 aromatic heterocycles. The maximum absolute atomic E-state index is 12.6. The molecule has 0 aromatic rings. The number of hydrogen-bond acceptors (Lipinski definition) is 3. The third-order valence-corrected chi connectivity index (χ3v) is 4.57. The highest BCUT2D eigenvalue weighted by Gasteiger charge is 2.42. The largest absolute Gasteiger partial charge is 0.339 e. The SMILES string of the molecule is CCCC1(C(=O)N2CCSCC2)CCCN1. The smallest absolute Gasteiger partial charge is 0.242 e. The summed E-state index contributed by atoms with van der Waals surface area (Å²) in [4.78, 5) is 14.6. The predicted molar refractivity (Wildman–Crippen MR) is 68.8 cm³/mol. The van der Waals surface area contributed by atoms with Crippen molar-refractivity contribution in [3.63, 3.8) is 0 Å². The maximum atomic E-state index is 12.6. The molecule has 2 fully saturated rings. The first-order chi connectivity index (χ1) is 7.78. The van der Waals surface area contributed by atoms with Gasteiger partial charge < -0.3 is 10.2 Å². The summed E-state index contributed by atoms with van der Waals surface area (Å²) < 4.78 is 0. The lowest BCUT2D eigenvalue weighted by atomic mass is 9.90. The minimum Gasteiger partial charge on any atom is -0.339 e. The second-order valence-electron chi connectivity index (χ2n) is 4.77. The molecule has 0 bridgehead atoms. The van der Waals surface area contributed by atoms with Crippen LogP contribution in [0.1, 0.15) is 32.6 Å². The van der Waals surface area contributed by atoms with E-state index in [1.165, 1.54) is 0 Å². The van der Waals surface area contributed by atoms with E-state index in [1.807, 2.05) is 11.8 Å². The lowest BCUT2D eigenvalue weighted by Gasteiger charge is -2.36. The van der Waals surface area contributed by atoms with Gasteiger partial charge in [0, 0.05) is 24.6 Å². The molecule has 2 rings (SSSR count). The van der Waals surface area contributed by atoms with Crippen LogP contribution in [0.2, 0.25) is 0 Å². The lowest BCUT2D eigenvalue weighted by molar-refractivity contribution is -0.137. The molecule has 2 aliphatic heterocycles. The number of carbonyl (C=O) groups excluding carboxylic acids is 1. The molecule has 2 aliphatic rings. The molecule has 1 amide bonds. The molecule has 92 valence electrons. The van der Waals surface area contributed by atoms with Gasteiger partial charge in [-0.3, -0.25) is 4.79 Å². The summed E-state index contributed by atoms with van der Waals surface area (Å²) in [5, 5.41) is 3.47. The Morgan fingerprint density at radius 3 is 2.75 bits per heavy atom. The Bertz CT molecular complexity index is 245. The van der Waals surface area contributed by atoms with Gasteiger partial charge in [-0.15, -0.1) is 0 Å². The number of amides is 1. The summed E-state index contributed by atoms with van der Waals surface area (Å²) in [6, 6.07) is 0. The molecule has 0 saturated carbocycles. The van der Waals surface area contributed by atoms with Gasteiger partial charge in [0.15, 0.2) is 0 Å². The van der Waals surface area contributed by atoms with E-state index in [2.05, 4.69) is 17.1 Å². The fraction of sp³-hybridized carbons (Fsp3) is 0.917. The first-order valence-corrected chi connectivity index (χ1v) is 7.56. The van der Waals surface area contributed by atoms with Crippen molar-refractivity contribution in [2.75, 3.05) is 31.1 Å². The van der Waals surface area contributed by atoms with Gasteiger partial charge in [0.1, 0.15) is 0 Å². The molecule has 3 nitrogen and oxygen atoms in total. The Labute approximate surface area is 102 Å². The van der Waals surface area contributed by atoms with Crippen LogP contribution in [0.3, 0.4) is 0 Å². The van der Waals surface area contributed by atoms with Crippen molar-refractivity contribution in [1.29, 1.82) is 0 Å². The van der Waals surface area contributed by atoms with Gasteiger partial charge >= 0.3 is 0 Å². The molecule has 0 aromatic carbocycles. The van der Waals surface area contributed by atoms with E-state index in [0.717, 1.165) is 56.8 Å².